The average molecular weight is 543 g/mol. The minimum absolute atomic E-state index is 0.0287. The molecule has 38 heavy (non-hydrogen) atoms. The molecule has 0 saturated carbocycles. The van der Waals surface area contributed by atoms with Crippen LogP contribution in [0.4, 0.5) is 30.7 Å². The second-order valence-corrected chi connectivity index (χ2v) is 8.73. The Labute approximate surface area is 211 Å². The lowest BCUT2D eigenvalue weighted by atomic mass is 9.99. The number of aromatic nitrogens is 2. The number of benzene rings is 2. The molecule has 6 nitrogen and oxygen atoms in total. The van der Waals surface area contributed by atoms with E-state index in [-0.39, 0.29) is 36.6 Å². The Kier molecular flexibility index (Phi) is 7.58. The molecule has 0 unspecified atom stereocenters. The van der Waals surface area contributed by atoms with Crippen molar-refractivity contribution in [2.75, 3.05) is 6.54 Å². The number of ketones is 1. The highest BCUT2D eigenvalue weighted by Crippen LogP contribution is 2.36. The van der Waals surface area contributed by atoms with Gasteiger partial charge in [-0.05, 0) is 42.0 Å². The first kappa shape index (κ1) is 27.3. The molecule has 1 aliphatic rings. The summed E-state index contributed by atoms with van der Waals surface area (Å²) in [5.74, 6) is -1.50. The average Bonchev–Trinajstić information content (AvgIpc) is 3.45. The van der Waals surface area contributed by atoms with Gasteiger partial charge in [0.05, 0.1) is 30.1 Å². The maximum atomic E-state index is 13.5. The summed E-state index contributed by atoms with van der Waals surface area (Å²) < 4.78 is 96.1. The van der Waals surface area contributed by atoms with Crippen LogP contribution in [0.25, 0.3) is 16.9 Å². The van der Waals surface area contributed by atoms with Gasteiger partial charge in [0.1, 0.15) is 11.6 Å². The SMILES string of the molecule is O=C1C[C@H](C(=O)Cc2cc(-c3cccc(COC(C(F)(F)F)C(F)(F)F)c3)n(-c3ccc(F)cc3)n2)CN1. The molecule has 4 rings (SSSR count). The van der Waals surface area contributed by atoms with Crippen LogP contribution < -0.4 is 5.32 Å². The normalized spacial score (nSPS) is 16.2. The van der Waals surface area contributed by atoms with Crippen molar-refractivity contribution in [1.29, 1.82) is 0 Å². The number of Topliss-reactive ketones (excluding diaryl/α,β-unsaturated/α-hetero) is 1. The summed E-state index contributed by atoms with van der Waals surface area (Å²) >= 11 is 0. The van der Waals surface area contributed by atoms with Crippen LogP contribution in [-0.2, 0) is 27.4 Å². The fraction of sp³-hybridized carbons (Fsp3) is 0.320. The standard InChI is InChI=1S/C25H20F7N3O3/c26-17-4-6-19(7-5-17)35-20(10-18(34-35)11-21(36)16-9-22(37)33-12-16)15-3-1-2-14(8-15)13-38-23(24(27,28)29)25(30,31)32/h1-8,10,16,23H,9,11-13H2,(H,33,37)/t16-/m0/s1. The van der Waals surface area contributed by atoms with Crippen molar-refractivity contribution < 1.29 is 45.1 Å². The molecule has 0 bridgehead atoms. The van der Waals surface area contributed by atoms with Crippen LogP contribution in [0.5, 0.6) is 0 Å². The largest absolute Gasteiger partial charge is 0.423 e. The quantitative estimate of drug-likeness (QED) is 0.409. The van der Waals surface area contributed by atoms with E-state index in [2.05, 4.69) is 15.2 Å². The Balaban J connectivity index is 1.64. The number of carbonyl (C=O) groups excluding carboxylic acids is 2. The number of ether oxygens (including phenoxy) is 1. The van der Waals surface area contributed by atoms with E-state index in [4.69, 9.17) is 0 Å². The summed E-state index contributed by atoms with van der Waals surface area (Å²) in [5, 5.41) is 7.01. The monoisotopic (exact) mass is 543 g/mol. The molecule has 1 amide bonds. The van der Waals surface area contributed by atoms with E-state index in [0.717, 1.165) is 0 Å². The molecule has 0 spiro atoms. The fourth-order valence-electron chi connectivity index (χ4n) is 4.03. The molecule has 202 valence electrons. The Bertz CT molecular complexity index is 1300. The molecular weight excluding hydrogens is 523 g/mol. The van der Waals surface area contributed by atoms with Crippen molar-refractivity contribution in [3.63, 3.8) is 0 Å². The Morgan fingerprint density at radius 1 is 1.05 bits per heavy atom. The molecule has 1 atom stereocenters. The summed E-state index contributed by atoms with van der Waals surface area (Å²) in [7, 11) is 0. The number of nitrogens with one attached hydrogen (secondary N) is 1. The van der Waals surface area contributed by atoms with Crippen LogP contribution in [0.1, 0.15) is 17.7 Å². The molecule has 2 aromatic carbocycles. The Morgan fingerprint density at radius 3 is 2.34 bits per heavy atom. The van der Waals surface area contributed by atoms with Crippen LogP contribution in [0, 0.1) is 11.7 Å². The number of hydrogen-bond acceptors (Lipinski definition) is 4. The number of hydrogen-bond donors (Lipinski definition) is 1. The van der Waals surface area contributed by atoms with E-state index in [0.29, 0.717) is 22.6 Å². The van der Waals surface area contributed by atoms with Crippen LogP contribution >= 0.6 is 0 Å². The zero-order valence-corrected chi connectivity index (χ0v) is 19.4. The molecule has 1 saturated heterocycles. The maximum absolute atomic E-state index is 13.5. The van der Waals surface area contributed by atoms with Gasteiger partial charge < -0.3 is 10.1 Å². The third-order valence-corrected chi connectivity index (χ3v) is 5.85. The Hall–Kier alpha value is -3.74. The van der Waals surface area contributed by atoms with E-state index in [9.17, 15) is 40.3 Å². The third kappa shape index (κ3) is 6.39. The van der Waals surface area contributed by atoms with Crippen molar-refractivity contribution in [3.8, 4) is 16.9 Å². The van der Waals surface area contributed by atoms with Crippen LogP contribution in [0.2, 0.25) is 0 Å². The van der Waals surface area contributed by atoms with Gasteiger partial charge in [0.15, 0.2) is 0 Å². The van der Waals surface area contributed by atoms with Crippen molar-refractivity contribution in [3.05, 3.63) is 71.7 Å². The smallest absolute Gasteiger partial charge is 0.356 e. The molecule has 0 aliphatic carbocycles. The fourth-order valence-corrected chi connectivity index (χ4v) is 4.03. The van der Waals surface area contributed by atoms with Gasteiger partial charge in [-0.1, -0.05) is 18.2 Å². The molecule has 0 radical (unpaired) electrons. The summed E-state index contributed by atoms with van der Waals surface area (Å²) in [6.45, 7) is -0.766. The van der Waals surface area contributed by atoms with Gasteiger partial charge in [-0.25, -0.2) is 9.07 Å². The second-order valence-electron chi connectivity index (χ2n) is 8.73. The lowest BCUT2D eigenvalue weighted by molar-refractivity contribution is -0.324. The number of nitrogens with zero attached hydrogens (tertiary/aromatic N) is 2. The molecule has 13 heteroatoms. The first-order chi connectivity index (χ1) is 17.8. The van der Waals surface area contributed by atoms with Gasteiger partial charge in [0, 0.05) is 24.4 Å². The molecular formula is C25H20F7N3O3. The van der Waals surface area contributed by atoms with Crippen molar-refractivity contribution in [2.24, 2.45) is 5.92 Å². The van der Waals surface area contributed by atoms with Crippen molar-refractivity contribution in [2.45, 2.75) is 37.9 Å². The molecule has 1 fully saturated rings. The van der Waals surface area contributed by atoms with E-state index < -0.39 is 36.8 Å². The van der Waals surface area contributed by atoms with E-state index >= 15 is 0 Å². The summed E-state index contributed by atoms with van der Waals surface area (Å²) in [6, 6.07) is 12.4. The summed E-state index contributed by atoms with van der Waals surface area (Å²) in [6.07, 6.45) is -15.3. The van der Waals surface area contributed by atoms with Gasteiger partial charge in [-0.3, -0.25) is 9.59 Å². The lowest BCUT2D eigenvalue weighted by Crippen LogP contribution is -2.44. The molecule has 1 aliphatic heterocycles. The number of carbonyl (C=O) groups is 2. The highest BCUT2D eigenvalue weighted by molar-refractivity contribution is 5.91. The van der Waals surface area contributed by atoms with E-state index in [1.54, 1.807) is 12.1 Å². The molecule has 3 aromatic rings. The van der Waals surface area contributed by atoms with Gasteiger partial charge in [-0.2, -0.15) is 31.4 Å². The molecule has 1 aromatic heterocycles. The van der Waals surface area contributed by atoms with Crippen LogP contribution in [-0.4, -0.2) is 46.5 Å². The summed E-state index contributed by atoms with van der Waals surface area (Å²) in [5.41, 5.74) is 1.44. The minimum Gasteiger partial charge on any atom is -0.356 e. The number of amides is 1. The van der Waals surface area contributed by atoms with Crippen molar-refractivity contribution in [1.82, 2.24) is 15.1 Å². The van der Waals surface area contributed by atoms with Gasteiger partial charge >= 0.3 is 12.4 Å². The topological polar surface area (TPSA) is 73.2 Å². The highest BCUT2D eigenvalue weighted by atomic mass is 19.4. The first-order valence-electron chi connectivity index (χ1n) is 11.3. The van der Waals surface area contributed by atoms with E-state index in [1.165, 1.54) is 47.1 Å². The lowest BCUT2D eigenvalue weighted by Gasteiger charge is -2.23. The highest BCUT2D eigenvalue weighted by Gasteiger charge is 2.57. The van der Waals surface area contributed by atoms with Crippen molar-refractivity contribution >= 4 is 11.7 Å². The first-order valence-corrected chi connectivity index (χ1v) is 11.3. The minimum atomic E-state index is -5.64. The number of alkyl halides is 6. The molecule has 2 heterocycles. The molecule has 1 N–H and O–H groups in total. The Morgan fingerprint density at radius 2 is 1.74 bits per heavy atom. The predicted molar refractivity (Wildman–Crippen MR) is 119 cm³/mol. The van der Waals surface area contributed by atoms with Crippen LogP contribution in [0.3, 0.4) is 0 Å². The van der Waals surface area contributed by atoms with Gasteiger partial charge in [0.2, 0.25) is 12.0 Å². The van der Waals surface area contributed by atoms with Gasteiger partial charge in [0.25, 0.3) is 0 Å². The number of rotatable bonds is 8. The number of halogens is 7. The third-order valence-electron chi connectivity index (χ3n) is 5.85. The van der Waals surface area contributed by atoms with Gasteiger partial charge in [-0.15, -0.1) is 0 Å². The second kappa shape index (κ2) is 10.6. The zero-order chi connectivity index (χ0) is 27.7. The zero-order valence-electron chi connectivity index (χ0n) is 19.4. The predicted octanol–water partition coefficient (Wildman–Crippen LogP) is 4.94. The summed E-state index contributed by atoms with van der Waals surface area (Å²) in [4.78, 5) is 24.1. The van der Waals surface area contributed by atoms with E-state index in [1.807, 2.05) is 0 Å². The maximum Gasteiger partial charge on any atom is 0.423 e. The van der Waals surface area contributed by atoms with Crippen LogP contribution in [0.15, 0.2) is 54.6 Å².